The highest BCUT2D eigenvalue weighted by atomic mass is 35.5. The minimum atomic E-state index is -0.884. The molecule has 1 fully saturated rings. The molecule has 1 saturated carbocycles. The van der Waals surface area contributed by atoms with Crippen LogP contribution in [0, 0.1) is 5.92 Å². The van der Waals surface area contributed by atoms with E-state index in [0.717, 1.165) is 23.4 Å². The van der Waals surface area contributed by atoms with Gasteiger partial charge in [0.1, 0.15) is 18.5 Å². The lowest BCUT2D eigenvalue weighted by molar-refractivity contribution is -0.141. The fourth-order valence-corrected chi connectivity index (χ4v) is 2.72. The number of benzene rings is 1. The first-order valence-electron chi connectivity index (χ1n) is 9.31. The number of alkyl halides is 1. The van der Waals surface area contributed by atoms with Gasteiger partial charge in [0.25, 0.3) is 11.8 Å². The summed E-state index contributed by atoms with van der Waals surface area (Å²) in [4.78, 5) is 47.7. The summed E-state index contributed by atoms with van der Waals surface area (Å²) in [7, 11) is 0. The molecular weight excluding hydrogens is 400 g/mol. The molecule has 1 atom stereocenters. The van der Waals surface area contributed by atoms with Crippen LogP contribution in [0.3, 0.4) is 0 Å². The van der Waals surface area contributed by atoms with Crippen LogP contribution in [0.5, 0.6) is 0 Å². The number of carbonyl (C=O) groups is 4. The van der Waals surface area contributed by atoms with E-state index in [-0.39, 0.29) is 25.5 Å². The number of hydrogen-bond donors (Lipinski definition) is 3. The van der Waals surface area contributed by atoms with Gasteiger partial charge in [0.15, 0.2) is 0 Å². The zero-order valence-electron chi connectivity index (χ0n) is 15.9. The second-order valence-corrected chi connectivity index (χ2v) is 7.08. The van der Waals surface area contributed by atoms with E-state index in [9.17, 15) is 19.2 Å². The van der Waals surface area contributed by atoms with Crippen LogP contribution in [-0.4, -0.2) is 47.3 Å². The number of nitrogens with one attached hydrogen (secondary N) is 2. The number of halogens is 1. The first-order valence-corrected chi connectivity index (χ1v) is 9.84. The van der Waals surface area contributed by atoms with Crippen LogP contribution in [0.4, 0.5) is 4.79 Å². The molecule has 2 rings (SSSR count). The quantitative estimate of drug-likeness (QED) is 0.381. The Morgan fingerprint density at radius 3 is 2.48 bits per heavy atom. The molecule has 0 unspecified atom stereocenters. The van der Waals surface area contributed by atoms with Gasteiger partial charge in [0.05, 0.1) is 6.54 Å². The lowest BCUT2D eigenvalue weighted by atomic mass is 10.1. The van der Waals surface area contributed by atoms with Gasteiger partial charge in [-0.05, 0) is 17.9 Å². The van der Waals surface area contributed by atoms with Gasteiger partial charge in [-0.3, -0.25) is 24.8 Å². The molecule has 1 aromatic carbocycles. The molecular formula is C19H25ClN4O5. The second-order valence-electron chi connectivity index (χ2n) is 6.81. The third-order valence-electron chi connectivity index (χ3n) is 4.33. The van der Waals surface area contributed by atoms with Crippen molar-refractivity contribution >= 4 is 35.4 Å². The van der Waals surface area contributed by atoms with Crippen molar-refractivity contribution in [3.05, 3.63) is 35.9 Å². The molecule has 0 saturated heterocycles. The third-order valence-corrected chi connectivity index (χ3v) is 4.56. The minimum absolute atomic E-state index is 0.0694. The maximum atomic E-state index is 12.7. The summed E-state index contributed by atoms with van der Waals surface area (Å²) in [5, 5.41) is 3.49. The molecule has 29 heavy (non-hydrogen) atoms. The molecule has 158 valence electrons. The highest BCUT2D eigenvalue weighted by molar-refractivity contribution is 6.27. The fourth-order valence-electron chi connectivity index (χ4n) is 2.57. The average molecular weight is 425 g/mol. The summed E-state index contributed by atoms with van der Waals surface area (Å²) in [5.74, 6) is -1.85. The van der Waals surface area contributed by atoms with Crippen LogP contribution >= 0.6 is 11.6 Å². The summed E-state index contributed by atoms with van der Waals surface area (Å²) >= 11 is 5.55. The van der Waals surface area contributed by atoms with Gasteiger partial charge in [0.2, 0.25) is 5.91 Å². The summed E-state index contributed by atoms with van der Waals surface area (Å²) in [5.41, 5.74) is 8.33. The Bertz CT molecular complexity index is 727. The monoisotopic (exact) mass is 424 g/mol. The molecule has 10 heteroatoms. The number of carbonyl (C=O) groups excluding carboxylic acids is 4. The Labute approximate surface area is 173 Å². The summed E-state index contributed by atoms with van der Waals surface area (Å²) in [6.45, 7) is -0.0405. The molecule has 0 aliphatic heterocycles. The predicted octanol–water partition coefficient (Wildman–Crippen LogP) is 1.06. The number of primary amides is 1. The molecule has 1 aromatic rings. The van der Waals surface area contributed by atoms with Crippen LogP contribution < -0.4 is 16.5 Å². The van der Waals surface area contributed by atoms with Gasteiger partial charge in [-0.25, -0.2) is 4.79 Å². The van der Waals surface area contributed by atoms with Gasteiger partial charge in [-0.1, -0.05) is 43.2 Å². The van der Waals surface area contributed by atoms with Crippen molar-refractivity contribution < 1.29 is 23.9 Å². The predicted molar refractivity (Wildman–Crippen MR) is 105 cm³/mol. The molecule has 0 heterocycles. The maximum absolute atomic E-state index is 12.7. The normalized spacial score (nSPS) is 13.8. The maximum Gasteiger partial charge on any atom is 0.408 e. The first kappa shape index (κ1) is 22.5. The van der Waals surface area contributed by atoms with E-state index in [1.807, 2.05) is 30.3 Å². The van der Waals surface area contributed by atoms with Crippen LogP contribution in [0.1, 0.15) is 31.2 Å². The van der Waals surface area contributed by atoms with E-state index < -0.39 is 29.9 Å². The summed E-state index contributed by atoms with van der Waals surface area (Å²) in [6.07, 6.45) is 1.49. The van der Waals surface area contributed by atoms with Crippen molar-refractivity contribution in [2.45, 2.75) is 38.3 Å². The number of amides is 4. The minimum Gasteiger partial charge on any atom is -0.445 e. The van der Waals surface area contributed by atoms with E-state index in [4.69, 9.17) is 22.1 Å². The molecule has 0 radical (unpaired) electrons. The van der Waals surface area contributed by atoms with Crippen molar-refractivity contribution in [2.24, 2.45) is 11.7 Å². The zero-order chi connectivity index (χ0) is 21.2. The topological polar surface area (TPSA) is 131 Å². The molecule has 0 bridgehead atoms. The highest BCUT2D eigenvalue weighted by Gasteiger charge is 2.32. The van der Waals surface area contributed by atoms with Crippen LogP contribution in [0.2, 0.25) is 0 Å². The van der Waals surface area contributed by atoms with E-state index in [0.29, 0.717) is 12.3 Å². The number of nitrogens with two attached hydrogens (primary N) is 1. The Kier molecular flexibility index (Phi) is 8.72. The lowest BCUT2D eigenvalue weighted by Crippen LogP contribution is -2.55. The Morgan fingerprint density at radius 2 is 1.90 bits per heavy atom. The Balaban J connectivity index is 1.93. The van der Waals surface area contributed by atoms with E-state index in [1.165, 1.54) is 0 Å². The molecule has 0 spiro atoms. The number of hydrogen-bond acceptors (Lipinski definition) is 5. The highest BCUT2D eigenvalue weighted by Crippen LogP contribution is 2.33. The number of ether oxygens (including phenoxy) is 1. The smallest absolute Gasteiger partial charge is 0.408 e. The van der Waals surface area contributed by atoms with Crippen molar-refractivity contribution in [2.75, 3.05) is 12.4 Å². The third kappa shape index (κ3) is 8.39. The standard InChI is InChI=1S/C19H25ClN4O5/c20-11-17(26)24(9-8-16(21)25)23-18(27)15(10-13-6-7-13)22-19(28)29-12-14-4-2-1-3-5-14/h1-5,13,15H,6-12H2,(H2,21,25)(H,22,28)(H,23,27)/t15-/m1/s1. The van der Waals surface area contributed by atoms with E-state index in [1.54, 1.807) is 0 Å². The second kappa shape index (κ2) is 11.3. The average Bonchev–Trinajstić information content (AvgIpc) is 3.53. The van der Waals surface area contributed by atoms with Crippen LogP contribution in [-0.2, 0) is 25.7 Å². The van der Waals surface area contributed by atoms with Crippen LogP contribution in [0.25, 0.3) is 0 Å². The molecule has 4 N–H and O–H groups in total. The molecule has 1 aliphatic rings. The zero-order valence-corrected chi connectivity index (χ0v) is 16.7. The van der Waals surface area contributed by atoms with Gasteiger partial charge in [-0.2, -0.15) is 0 Å². The van der Waals surface area contributed by atoms with Gasteiger partial charge < -0.3 is 15.8 Å². The largest absolute Gasteiger partial charge is 0.445 e. The summed E-state index contributed by atoms with van der Waals surface area (Å²) in [6, 6.07) is 8.26. The Morgan fingerprint density at radius 1 is 1.21 bits per heavy atom. The number of hydrazine groups is 1. The molecule has 0 aromatic heterocycles. The molecule has 4 amide bonds. The molecule has 1 aliphatic carbocycles. The van der Waals surface area contributed by atoms with Gasteiger partial charge >= 0.3 is 6.09 Å². The lowest BCUT2D eigenvalue weighted by Gasteiger charge is -2.25. The van der Waals surface area contributed by atoms with Gasteiger partial charge in [0, 0.05) is 6.42 Å². The van der Waals surface area contributed by atoms with Crippen molar-refractivity contribution in [3.63, 3.8) is 0 Å². The van der Waals surface area contributed by atoms with Gasteiger partial charge in [-0.15, -0.1) is 11.6 Å². The van der Waals surface area contributed by atoms with Crippen molar-refractivity contribution in [1.82, 2.24) is 15.8 Å². The number of alkyl carbamates (subject to hydrolysis) is 1. The number of rotatable bonds is 10. The van der Waals surface area contributed by atoms with Crippen LogP contribution in [0.15, 0.2) is 30.3 Å². The SMILES string of the molecule is NC(=O)CCN(NC(=O)[C@@H](CC1CC1)NC(=O)OCc1ccccc1)C(=O)CCl. The van der Waals surface area contributed by atoms with E-state index >= 15 is 0 Å². The Hall–Kier alpha value is -2.81. The van der Waals surface area contributed by atoms with Crippen molar-refractivity contribution in [3.8, 4) is 0 Å². The first-order chi connectivity index (χ1) is 13.9. The molecule has 9 nitrogen and oxygen atoms in total. The van der Waals surface area contributed by atoms with Crippen molar-refractivity contribution in [1.29, 1.82) is 0 Å². The summed E-state index contributed by atoms with van der Waals surface area (Å²) < 4.78 is 5.17. The number of nitrogens with zero attached hydrogens (tertiary/aromatic N) is 1. The van der Waals surface area contributed by atoms with E-state index in [2.05, 4.69) is 10.7 Å². The fraction of sp³-hybridized carbons (Fsp3) is 0.474.